The molecule has 0 spiro atoms. The number of ether oxygens (including phenoxy) is 1. The van der Waals surface area contributed by atoms with E-state index in [1.54, 1.807) is 24.3 Å². The molecule has 134 valence electrons. The summed E-state index contributed by atoms with van der Waals surface area (Å²) in [6, 6.07) is 9.90. The van der Waals surface area contributed by atoms with Gasteiger partial charge in [-0.15, -0.1) is 0 Å². The van der Waals surface area contributed by atoms with Crippen LogP contribution in [0.15, 0.2) is 24.3 Å². The molecule has 0 saturated carbocycles. The van der Waals surface area contributed by atoms with Gasteiger partial charge >= 0.3 is 6.09 Å². The van der Waals surface area contributed by atoms with Gasteiger partial charge < -0.3 is 15.2 Å². The Labute approximate surface area is 147 Å². The molecule has 3 rings (SSSR count). The topological polar surface area (TPSA) is 88.8 Å². The molecule has 2 N–H and O–H groups in total. The number of hydrogen-bond donors (Lipinski definition) is 2. The maximum absolute atomic E-state index is 11.6. The summed E-state index contributed by atoms with van der Waals surface area (Å²) in [4.78, 5) is 15.4. The van der Waals surface area contributed by atoms with Gasteiger partial charge in [-0.25, -0.2) is 4.79 Å². The number of hydrogen-bond acceptors (Lipinski definition) is 5. The molecule has 2 aliphatic rings. The molecule has 0 aromatic heterocycles. The fourth-order valence-corrected chi connectivity index (χ4v) is 3.60. The molecule has 1 amide bonds. The second-order valence-corrected chi connectivity index (χ2v) is 6.58. The smallest absolute Gasteiger partial charge is 0.408 e. The molecule has 2 unspecified atom stereocenters. The van der Waals surface area contributed by atoms with Crippen molar-refractivity contribution in [1.82, 2.24) is 15.1 Å². The summed E-state index contributed by atoms with van der Waals surface area (Å²) in [7, 11) is 0. The number of fused-ring (bicyclic) bond motifs is 2. The molecule has 1 aromatic rings. The van der Waals surface area contributed by atoms with Crippen LogP contribution in [0.3, 0.4) is 0 Å². The van der Waals surface area contributed by atoms with Crippen LogP contribution in [0, 0.1) is 11.3 Å². The highest BCUT2D eigenvalue weighted by Crippen LogP contribution is 2.26. The van der Waals surface area contributed by atoms with Gasteiger partial charge in [-0.05, 0) is 43.5 Å². The minimum atomic E-state index is -0.878. The van der Waals surface area contributed by atoms with Crippen molar-refractivity contribution < 1.29 is 14.6 Å². The zero-order valence-electron chi connectivity index (χ0n) is 14.2. The molecule has 7 heteroatoms. The summed E-state index contributed by atoms with van der Waals surface area (Å²) < 4.78 is 5.63. The van der Waals surface area contributed by atoms with Crippen molar-refractivity contribution in [1.29, 1.82) is 5.26 Å². The summed E-state index contributed by atoms with van der Waals surface area (Å²) in [5.41, 5.74) is 0.593. The second-order valence-electron chi connectivity index (χ2n) is 6.58. The van der Waals surface area contributed by atoms with E-state index >= 15 is 0 Å². The van der Waals surface area contributed by atoms with Gasteiger partial charge in [0.2, 0.25) is 0 Å². The molecular weight excluding hydrogens is 320 g/mol. The van der Waals surface area contributed by atoms with E-state index in [9.17, 15) is 9.90 Å². The Morgan fingerprint density at radius 2 is 2.00 bits per heavy atom. The Balaban J connectivity index is 1.44. The molecular formula is C18H24N4O3. The second kappa shape index (κ2) is 8.19. The van der Waals surface area contributed by atoms with Crippen LogP contribution in [0.1, 0.15) is 24.8 Å². The maximum Gasteiger partial charge on any atom is 0.408 e. The molecule has 0 radical (unpaired) electrons. The van der Waals surface area contributed by atoms with Gasteiger partial charge in [0.15, 0.2) is 0 Å². The molecule has 2 fully saturated rings. The number of nitriles is 1. The van der Waals surface area contributed by atoms with Crippen LogP contribution in [-0.2, 0) is 0 Å². The van der Waals surface area contributed by atoms with Crippen molar-refractivity contribution in [2.75, 3.05) is 32.9 Å². The van der Waals surface area contributed by atoms with E-state index in [4.69, 9.17) is 10.00 Å². The van der Waals surface area contributed by atoms with Crippen molar-refractivity contribution in [2.45, 2.75) is 31.3 Å². The molecule has 2 atom stereocenters. The molecule has 0 aliphatic carbocycles. The molecule has 2 bridgehead atoms. The first-order valence-corrected chi connectivity index (χ1v) is 8.74. The quantitative estimate of drug-likeness (QED) is 0.732. The highest BCUT2D eigenvalue weighted by atomic mass is 16.5. The van der Waals surface area contributed by atoms with Crippen LogP contribution in [0.2, 0.25) is 0 Å². The third-order valence-corrected chi connectivity index (χ3v) is 4.96. The summed E-state index contributed by atoms with van der Waals surface area (Å²) in [6.45, 7) is 3.28. The number of piperazine rings is 1. The minimum Gasteiger partial charge on any atom is -0.494 e. The van der Waals surface area contributed by atoms with E-state index in [2.05, 4.69) is 16.3 Å². The SMILES string of the molecule is N#Cc1ccc(OCCCN(CN2C3CCC2CNC3)C(=O)O)cc1. The lowest BCUT2D eigenvalue weighted by molar-refractivity contribution is 0.0626. The third kappa shape index (κ3) is 4.41. The van der Waals surface area contributed by atoms with Crippen LogP contribution in [0.5, 0.6) is 5.75 Å². The average molecular weight is 344 g/mol. The van der Waals surface area contributed by atoms with Crippen molar-refractivity contribution in [3.63, 3.8) is 0 Å². The van der Waals surface area contributed by atoms with Crippen LogP contribution in [-0.4, -0.2) is 66.0 Å². The average Bonchev–Trinajstić information content (AvgIpc) is 2.84. The zero-order valence-corrected chi connectivity index (χ0v) is 14.2. The summed E-state index contributed by atoms with van der Waals surface area (Å²) in [5, 5.41) is 21.7. The Morgan fingerprint density at radius 1 is 1.32 bits per heavy atom. The maximum atomic E-state index is 11.6. The van der Waals surface area contributed by atoms with Crippen LogP contribution in [0.4, 0.5) is 4.79 Å². The number of nitrogens with zero attached hydrogens (tertiary/aromatic N) is 3. The summed E-state index contributed by atoms with van der Waals surface area (Å²) in [6.07, 6.45) is 2.05. The van der Waals surface area contributed by atoms with E-state index in [0.717, 1.165) is 25.9 Å². The van der Waals surface area contributed by atoms with Crippen LogP contribution in [0.25, 0.3) is 0 Å². The first kappa shape index (κ1) is 17.5. The van der Waals surface area contributed by atoms with Gasteiger partial charge in [0.1, 0.15) is 5.75 Å². The lowest BCUT2D eigenvalue weighted by atomic mass is 10.2. The number of carbonyl (C=O) groups is 1. The summed E-state index contributed by atoms with van der Waals surface area (Å²) >= 11 is 0. The Morgan fingerprint density at radius 3 is 2.60 bits per heavy atom. The molecule has 2 aliphatic heterocycles. The van der Waals surface area contributed by atoms with E-state index in [0.29, 0.717) is 49.6 Å². The van der Waals surface area contributed by atoms with E-state index in [-0.39, 0.29) is 0 Å². The lowest BCUT2D eigenvalue weighted by Crippen LogP contribution is -2.55. The molecule has 25 heavy (non-hydrogen) atoms. The normalized spacial score (nSPS) is 22.4. The zero-order chi connectivity index (χ0) is 17.6. The van der Waals surface area contributed by atoms with E-state index < -0.39 is 6.09 Å². The number of benzene rings is 1. The van der Waals surface area contributed by atoms with E-state index in [1.807, 2.05) is 0 Å². The fourth-order valence-electron chi connectivity index (χ4n) is 3.60. The standard InChI is InChI=1S/C18H24N4O3/c19-10-14-2-6-17(7-3-14)25-9-1-8-21(18(23)24)13-22-15-4-5-16(22)12-20-11-15/h2-3,6-7,15-16,20H,1,4-5,8-9,11-13H2,(H,23,24). The fraction of sp³-hybridized carbons (Fsp3) is 0.556. The number of carboxylic acid groups (broad SMARTS) is 1. The van der Waals surface area contributed by atoms with Crippen molar-refractivity contribution in [2.24, 2.45) is 0 Å². The van der Waals surface area contributed by atoms with Crippen molar-refractivity contribution in [3.05, 3.63) is 29.8 Å². The Bertz CT molecular complexity index is 612. The monoisotopic (exact) mass is 344 g/mol. The largest absolute Gasteiger partial charge is 0.494 e. The van der Waals surface area contributed by atoms with Crippen molar-refractivity contribution >= 4 is 6.09 Å². The van der Waals surface area contributed by atoms with Gasteiger partial charge in [-0.3, -0.25) is 9.80 Å². The minimum absolute atomic E-state index is 0.449. The summed E-state index contributed by atoms with van der Waals surface area (Å²) in [5.74, 6) is 0.695. The van der Waals surface area contributed by atoms with Gasteiger partial charge in [-0.1, -0.05) is 0 Å². The molecule has 1 aromatic carbocycles. The number of rotatable bonds is 7. The van der Waals surface area contributed by atoms with Crippen LogP contribution >= 0.6 is 0 Å². The molecule has 7 nitrogen and oxygen atoms in total. The van der Waals surface area contributed by atoms with Gasteiger partial charge in [0.05, 0.1) is 24.9 Å². The van der Waals surface area contributed by atoms with Gasteiger partial charge in [0, 0.05) is 31.7 Å². The molecule has 2 heterocycles. The first-order valence-electron chi connectivity index (χ1n) is 8.74. The number of nitrogens with one attached hydrogen (secondary N) is 1. The van der Waals surface area contributed by atoms with Crippen LogP contribution < -0.4 is 10.1 Å². The number of amides is 1. The van der Waals surface area contributed by atoms with Gasteiger partial charge in [-0.2, -0.15) is 5.26 Å². The highest BCUT2D eigenvalue weighted by molar-refractivity contribution is 5.64. The van der Waals surface area contributed by atoms with Crippen molar-refractivity contribution in [3.8, 4) is 11.8 Å². The van der Waals surface area contributed by atoms with Gasteiger partial charge in [0.25, 0.3) is 0 Å². The van der Waals surface area contributed by atoms with E-state index in [1.165, 1.54) is 4.90 Å². The lowest BCUT2D eigenvalue weighted by Gasteiger charge is -2.38. The molecule has 2 saturated heterocycles. The predicted molar refractivity (Wildman–Crippen MR) is 92.4 cm³/mol. The Hall–Kier alpha value is -2.30. The predicted octanol–water partition coefficient (Wildman–Crippen LogP) is 1.70. The Kier molecular flexibility index (Phi) is 5.74. The highest BCUT2D eigenvalue weighted by Gasteiger charge is 2.37. The first-order chi connectivity index (χ1) is 12.2. The third-order valence-electron chi connectivity index (χ3n) is 4.96.